The predicted octanol–water partition coefficient (Wildman–Crippen LogP) is -0.787. The van der Waals surface area contributed by atoms with E-state index < -0.39 is 66.2 Å². The van der Waals surface area contributed by atoms with Crippen LogP contribution in [0.1, 0.15) is 44.1 Å². The molecule has 0 saturated carbocycles. The fourth-order valence-electron chi connectivity index (χ4n) is 4.75. The van der Waals surface area contributed by atoms with Gasteiger partial charge >= 0.3 is 11.9 Å². The molecular weight excluding hydrogens is 524 g/mol. The fraction of sp³-hybridized carbons (Fsp3) is 0.462. The van der Waals surface area contributed by atoms with Gasteiger partial charge in [-0.1, -0.05) is 18.2 Å². The lowest BCUT2D eigenvalue weighted by Gasteiger charge is -2.30. The maximum atomic E-state index is 13.5. The van der Waals surface area contributed by atoms with Gasteiger partial charge in [0.05, 0.1) is 6.04 Å². The number of fused-ring (bicyclic) bond motifs is 1. The Morgan fingerprint density at radius 2 is 1.73 bits per heavy atom. The second-order valence-corrected chi connectivity index (χ2v) is 9.76. The smallest absolute Gasteiger partial charge is 0.326 e. The number of carboxylic acids is 2. The van der Waals surface area contributed by atoms with Gasteiger partial charge in [-0.25, -0.2) is 4.79 Å². The van der Waals surface area contributed by atoms with Crippen LogP contribution >= 0.6 is 0 Å². The van der Waals surface area contributed by atoms with Gasteiger partial charge < -0.3 is 42.2 Å². The number of nitrogens with one attached hydrogen (secondary N) is 3. The van der Waals surface area contributed by atoms with Gasteiger partial charge in [0.25, 0.3) is 0 Å². The summed E-state index contributed by atoms with van der Waals surface area (Å²) in [5.74, 6) is -5.32. The Balaban J connectivity index is 1.70. The minimum Gasteiger partial charge on any atom is -0.481 e. The Morgan fingerprint density at radius 1 is 1.02 bits per heavy atom. The first-order valence-electron chi connectivity index (χ1n) is 12.9. The number of carboxylic acid groups (broad SMARTS) is 2. The fourth-order valence-corrected chi connectivity index (χ4v) is 4.75. The molecule has 1 aromatic heterocycles. The molecule has 1 aliphatic heterocycles. The van der Waals surface area contributed by atoms with Crippen LogP contribution in [0.2, 0.25) is 0 Å². The van der Waals surface area contributed by atoms with Gasteiger partial charge in [0.1, 0.15) is 18.1 Å². The van der Waals surface area contributed by atoms with Crippen molar-refractivity contribution in [2.75, 3.05) is 6.54 Å². The number of amides is 4. The molecule has 4 amide bonds. The minimum absolute atomic E-state index is 0.124. The number of aliphatic carboxylic acids is 2. The molecule has 4 atom stereocenters. The second-order valence-electron chi connectivity index (χ2n) is 9.76. The summed E-state index contributed by atoms with van der Waals surface area (Å²) in [5, 5.41) is 24.0. The Hall–Kier alpha value is -4.46. The number of likely N-dealkylation sites (tertiary alicyclic amines) is 1. The van der Waals surface area contributed by atoms with E-state index in [0.717, 1.165) is 16.5 Å². The van der Waals surface area contributed by atoms with E-state index in [2.05, 4.69) is 15.6 Å². The number of aromatic amines is 1. The van der Waals surface area contributed by atoms with Crippen LogP contribution in [0, 0.1) is 0 Å². The molecule has 0 bridgehead atoms. The molecule has 0 spiro atoms. The van der Waals surface area contributed by atoms with Crippen molar-refractivity contribution in [2.24, 2.45) is 11.5 Å². The normalized spacial score (nSPS) is 17.1. The van der Waals surface area contributed by atoms with Gasteiger partial charge in [-0.15, -0.1) is 0 Å². The van der Waals surface area contributed by atoms with E-state index in [1.165, 1.54) is 4.90 Å². The molecule has 14 nitrogen and oxygen atoms in total. The highest BCUT2D eigenvalue weighted by molar-refractivity contribution is 5.95. The quantitative estimate of drug-likeness (QED) is 0.154. The summed E-state index contributed by atoms with van der Waals surface area (Å²) in [6.07, 6.45) is 1.46. The highest BCUT2D eigenvalue weighted by Crippen LogP contribution is 2.21. The number of rotatable bonds is 14. The number of benzene rings is 1. The molecular formula is C26H34N6O8. The van der Waals surface area contributed by atoms with Crippen LogP contribution in [-0.4, -0.2) is 86.4 Å². The van der Waals surface area contributed by atoms with Crippen LogP contribution < -0.4 is 22.1 Å². The van der Waals surface area contributed by atoms with Crippen molar-refractivity contribution >= 4 is 46.5 Å². The lowest BCUT2D eigenvalue weighted by Crippen LogP contribution is -2.57. The van der Waals surface area contributed by atoms with Crippen LogP contribution in [0.25, 0.3) is 10.9 Å². The third kappa shape index (κ3) is 7.79. The van der Waals surface area contributed by atoms with Crippen molar-refractivity contribution in [3.8, 4) is 0 Å². The second kappa shape index (κ2) is 13.6. The Morgan fingerprint density at radius 3 is 2.40 bits per heavy atom. The molecule has 40 heavy (non-hydrogen) atoms. The molecule has 9 N–H and O–H groups in total. The van der Waals surface area contributed by atoms with Gasteiger partial charge in [0.15, 0.2) is 0 Å². The summed E-state index contributed by atoms with van der Waals surface area (Å²) in [7, 11) is 0. The summed E-state index contributed by atoms with van der Waals surface area (Å²) in [5.41, 5.74) is 13.1. The number of para-hydroxylation sites is 1. The molecule has 0 aliphatic carbocycles. The van der Waals surface area contributed by atoms with Gasteiger partial charge in [-0.2, -0.15) is 0 Å². The first-order chi connectivity index (χ1) is 19.0. The van der Waals surface area contributed by atoms with E-state index in [-0.39, 0.29) is 38.6 Å². The average molecular weight is 559 g/mol. The molecule has 1 aliphatic rings. The molecule has 14 heteroatoms. The monoisotopic (exact) mass is 558 g/mol. The van der Waals surface area contributed by atoms with Crippen molar-refractivity contribution in [2.45, 2.75) is 69.1 Å². The number of carbonyl (C=O) groups excluding carboxylic acids is 4. The van der Waals surface area contributed by atoms with Crippen molar-refractivity contribution in [1.29, 1.82) is 0 Å². The van der Waals surface area contributed by atoms with Crippen molar-refractivity contribution in [3.05, 3.63) is 36.0 Å². The maximum absolute atomic E-state index is 13.5. The van der Waals surface area contributed by atoms with Crippen LogP contribution in [0.5, 0.6) is 0 Å². The zero-order valence-electron chi connectivity index (χ0n) is 21.8. The van der Waals surface area contributed by atoms with Gasteiger partial charge in [0, 0.05) is 36.5 Å². The van der Waals surface area contributed by atoms with Gasteiger partial charge in [-0.05, 0) is 43.7 Å². The summed E-state index contributed by atoms with van der Waals surface area (Å²) < 4.78 is 0. The lowest BCUT2D eigenvalue weighted by atomic mass is 10.0. The van der Waals surface area contributed by atoms with Gasteiger partial charge in [0.2, 0.25) is 23.6 Å². The van der Waals surface area contributed by atoms with E-state index in [4.69, 9.17) is 16.6 Å². The summed E-state index contributed by atoms with van der Waals surface area (Å²) in [4.78, 5) is 77.6. The molecule has 1 aromatic carbocycles. The molecule has 4 unspecified atom stereocenters. The van der Waals surface area contributed by atoms with E-state index in [9.17, 15) is 33.9 Å². The van der Waals surface area contributed by atoms with E-state index in [0.29, 0.717) is 6.42 Å². The number of aromatic nitrogens is 1. The predicted molar refractivity (Wildman–Crippen MR) is 142 cm³/mol. The molecule has 0 radical (unpaired) electrons. The van der Waals surface area contributed by atoms with Crippen LogP contribution in [0.15, 0.2) is 30.5 Å². The molecule has 1 fully saturated rings. The zero-order chi connectivity index (χ0) is 29.4. The van der Waals surface area contributed by atoms with Crippen molar-refractivity contribution in [1.82, 2.24) is 20.5 Å². The zero-order valence-corrected chi connectivity index (χ0v) is 21.8. The van der Waals surface area contributed by atoms with E-state index in [1.54, 1.807) is 6.20 Å². The SMILES string of the molecule is NC(=O)CCC(NC(=O)C(N)Cc1c[nH]c2ccccc12)C(=O)N1CCCC1C(=O)NC(CCC(=O)O)C(=O)O. The standard InChI is InChI=1S/C26H34N6O8/c27-16(12-14-13-29-17-5-2-1-4-15(14)17)23(36)30-18(7-9-21(28)33)25(38)32-11-3-6-20(32)24(37)31-19(26(39)40)8-10-22(34)35/h1-2,4-5,13,16,18-20,29H,3,6-12,27H2,(H2,28,33)(H,30,36)(H,31,37)(H,34,35)(H,39,40). The topological polar surface area (TPSA) is 238 Å². The number of primary amides is 1. The molecule has 216 valence electrons. The molecule has 2 heterocycles. The van der Waals surface area contributed by atoms with Crippen molar-refractivity contribution in [3.63, 3.8) is 0 Å². The Labute approximate surface area is 229 Å². The number of hydrogen-bond donors (Lipinski definition) is 7. The molecule has 2 aromatic rings. The number of H-pyrrole nitrogens is 1. The third-order valence-electron chi connectivity index (χ3n) is 6.85. The van der Waals surface area contributed by atoms with Crippen LogP contribution in [0.4, 0.5) is 0 Å². The molecule has 3 rings (SSSR count). The van der Waals surface area contributed by atoms with E-state index in [1.807, 2.05) is 24.3 Å². The number of hydrogen-bond acceptors (Lipinski definition) is 7. The highest BCUT2D eigenvalue weighted by atomic mass is 16.4. The van der Waals surface area contributed by atoms with E-state index >= 15 is 0 Å². The third-order valence-corrected chi connectivity index (χ3v) is 6.85. The minimum atomic E-state index is -1.45. The van der Waals surface area contributed by atoms with Crippen LogP contribution in [0.3, 0.4) is 0 Å². The number of carbonyl (C=O) groups is 6. The summed E-state index contributed by atoms with van der Waals surface area (Å²) >= 11 is 0. The summed E-state index contributed by atoms with van der Waals surface area (Å²) in [6.45, 7) is 0.161. The summed E-state index contributed by atoms with van der Waals surface area (Å²) in [6, 6.07) is 2.79. The Bertz CT molecular complexity index is 1280. The first kappa shape index (κ1) is 30.1. The lowest BCUT2D eigenvalue weighted by molar-refractivity contribution is -0.145. The Kier molecular flexibility index (Phi) is 10.2. The molecule has 1 saturated heterocycles. The highest BCUT2D eigenvalue weighted by Gasteiger charge is 2.39. The number of nitrogens with two attached hydrogens (primary N) is 2. The average Bonchev–Trinajstić information content (AvgIpc) is 3.55. The first-order valence-corrected chi connectivity index (χ1v) is 12.9. The van der Waals surface area contributed by atoms with Crippen molar-refractivity contribution < 1.29 is 39.0 Å². The maximum Gasteiger partial charge on any atom is 0.326 e. The largest absolute Gasteiger partial charge is 0.481 e. The van der Waals surface area contributed by atoms with Gasteiger partial charge in [-0.3, -0.25) is 24.0 Å². The number of nitrogens with zero attached hydrogens (tertiary/aromatic N) is 1. The van der Waals surface area contributed by atoms with Crippen LogP contribution in [-0.2, 0) is 35.2 Å².